The van der Waals surface area contributed by atoms with Gasteiger partial charge in [-0.3, -0.25) is 4.98 Å². The predicted molar refractivity (Wildman–Crippen MR) is 72.7 cm³/mol. The number of pyridine rings is 1. The maximum atomic E-state index is 10.7. The molecule has 19 heavy (non-hydrogen) atoms. The third-order valence-electron chi connectivity index (χ3n) is 4.59. The number of benzene rings is 1. The summed E-state index contributed by atoms with van der Waals surface area (Å²) in [6.45, 7) is 0. The van der Waals surface area contributed by atoms with E-state index in [0.29, 0.717) is 6.10 Å². The summed E-state index contributed by atoms with van der Waals surface area (Å²) in [6, 6.07) is 8.05. The largest absolute Gasteiger partial charge is 0.388 e. The number of hydrogen-bond donors (Lipinski definition) is 1. The molecule has 1 aromatic carbocycles. The quantitative estimate of drug-likeness (QED) is 0.897. The molecule has 0 amide bonds. The number of rotatable bonds is 2. The number of aliphatic hydroxyl groups is 1. The summed E-state index contributed by atoms with van der Waals surface area (Å²) in [5.74, 6) is 0.248. The molecule has 1 aromatic heterocycles. The molecule has 3 heterocycles. The fourth-order valence-electron chi connectivity index (χ4n) is 3.65. The van der Waals surface area contributed by atoms with Crippen LogP contribution in [-0.4, -0.2) is 22.3 Å². The lowest BCUT2D eigenvalue weighted by Crippen LogP contribution is -2.23. The average molecular weight is 255 g/mol. The van der Waals surface area contributed by atoms with Crippen molar-refractivity contribution in [2.75, 3.05) is 0 Å². The Kier molecular flexibility index (Phi) is 2.57. The molecule has 2 saturated heterocycles. The van der Waals surface area contributed by atoms with Crippen LogP contribution in [0.1, 0.15) is 30.9 Å². The molecule has 2 aliphatic heterocycles. The summed E-state index contributed by atoms with van der Waals surface area (Å²) in [5.41, 5.74) is 1.01. The lowest BCUT2D eigenvalue weighted by atomic mass is 9.81. The molecule has 98 valence electrons. The van der Waals surface area contributed by atoms with Gasteiger partial charge in [-0.2, -0.15) is 0 Å². The highest BCUT2D eigenvalue weighted by Gasteiger charge is 2.44. The molecule has 0 radical (unpaired) electrons. The van der Waals surface area contributed by atoms with Crippen LogP contribution in [0.5, 0.6) is 0 Å². The van der Waals surface area contributed by atoms with Gasteiger partial charge in [-0.05, 0) is 36.3 Å². The van der Waals surface area contributed by atoms with E-state index in [9.17, 15) is 5.11 Å². The second-order valence-electron chi connectivity index (χ2n) is 5.66. The SMILES string of the molecule is OC(c1cccc2cnccc12)C1CC2CCC1O2. The van der Waals surface area contributed by atoms with Crippen molar-refractivity contribution in [2.45, 2.75) is 37.6 Å². The van der Waals surface area contributed by atoms with E-state index in [1.807, 2.05) is 30.5 Å². The van der Waals surface area contributed by atoms with Crippen molar-refractivity contribution >= 4 is 10.8 Å². The Morgan fingerprint density at radius 1 is 1.26 bits per heavy atom. The van der Waals surface area contributed by atoms with Crippen molar-refractivity contribution in [3.8, 4) is 0 Å². The van der Waals surface area contributed by atoms with Gasteiger partial charge in [0, 0.05) is 23.7 Å². The van der Waals surface area contributed by atoms with Gasteiger partial charge in [0.25, 0.3) is 0 Å². The normalized spacial score (nSPS) is 30.9. The first kappa shape index (κ1) is 11.4. The molecular formula is C16H17NO2. The number of nitrogens with zero attached hydrogens (tertiary/aromatic N) is 1. The number of aromatic nitrogens is 1. The molecule has 2 aromatic rings. The number of ether oxygens (including phenoxy) is 1. The van der Waals surface area contributed by atoms with Gasteiger partial charge >= 0.3 is 0 Å². The molecule has 4 rings (SSSR count). The number of fused-ring (bicyclic) bond motifs is 3. The molecule has 4 unspecified atom stereocenters. The van der Waals surface area contributed by atoms with Gasteiger partial charge in [-0.25, -0.2) is 0 Å². The molecule has 3 nitrogen and oxygen atoms in total. The zero-order valence-corrected chi connectivity index (χ0v) is 10.7. The van der Waals surface area contributed by atoms with E-state index in [-0.39, 0.29) is 12.0 Å². The van der Waals surface area contributed by atoms with Crippen LogP contribution in [0.15, 0.2) is 36.7 Å². The van der Waals surface area contributed by atoms with Crippen molar-refractivity contribution in [2.24, 2.45) is 5.92 Å². The molecule has 2 bridgehead atoms. The van der Waals surface area contributed by atoms with Gasteiger partial charge in [0.2, 0.25) is 0 Å². The predicted octanol–water partition coefficient (Wildman–Crippen LogP) is 2.84. The van der Waals surface area contributed by atoms with Gasteiger partial charge in [0.05, 0.1) is 18.3 Å². The zero-order valence-electron chi connectivity index (χ0n) is 10.7. The Labute approximate surface area is 112 Å². The zero-order chi connectivity index (χ0) is 12.8. The first-order chi connectivity index (χ1) is 9.33. The molecule has 0 saturated carbocycles. The fraction of sp³-hybridized carbons (Fsp3) is 0.438. The molecule has 2 aliphatic rings. The highest BCUT2D eigenvalue weighted by Crippen LogP contribution is 2.45. The average Bonchev–Trinajstić information content (AvgIpc) is 3.08. The van der Waals surface area contributed by atoms with E-state index in [0.717, 1.165) is 35.6 Å². The lowest BCUT2D eigenvalue weighted by Gasteiger charge is -2.25. The van der Waals surface area contributed by atoms with E-state index in [2.05, 4.69) is 4.98 Å². The molecule has 4 atom stereocenters. The van der Waals surface area contributed by atoms with Gasteiger partial charge in [-0.1, -0.05) is 18.2 Å². The smallest absolute Gasteiger partial charge is 0.0849 e. The van der Waals surface area contributed by atoms with Gasteiger partial charge in [0.15, 0.2) is 0 Å². The highest BCUT2D eigenvalue weighted by atomic mass is 16.5. The molecule has 2 fully saturated rings. The molecular weight excluding hydrogens is 238 g/mol. The number of hydrogen-bond acceptors (Lipinski definition) is 3. The summed E-state index contributed by atoms with van der Waals surface area (Å²) in [5, 5.41) is 12.9. The minimum absolute atomic E-state index is 0.247. The van der Waals surface area contributed by atoms with E-state index in [1.54, 1.807) is 6.20 Å². The monoisotopic (exact) mass is 255 g/mol. The maximum absolute atomic E-state index is 10.7. The van der Waals surface area contributed by atoms with Crippen molar-refractivity contribution in [3.05, 3.63) is 42.2 Å². The van der Waals surface area contributed by atoms with Crippen molar-refractivity contribution in [1.29, 1.82) is 0 Å². The second kappa shape index (κ2) is 4.29. The van der Waals surface area contributed by atoms with Gasteiger partial charge < -0.3 is 9.84 Å². The Morgan fingerprint density at radius 2 is 2.21 bits per heavy atom. The van der Waals surface area contributed by atoms with Crippen LogP contribution in [0.2, 0.25) is 0 Å². The van der Waals surface area contributed by atoms with Crippen LogP contribution in [0, 0.1) is 5.92 Å². The lowest BCUT2D eigenvalue weighted by molar-refractivity contribution is 0.0429. The third-order valence-corrected chi connectivity index (χ3v) is 4.59. The van der Waals surface area contributed by atoms with E-state index in [4.69, 9.17) is 4.74 Å². The fourth-order valence-corrected chi connectivity index (χ4v) is 3.65. The minimum Gasteiger partial charge on any atom is -0.388 e. The highest BCUT2D eigenvalue weighted by molar-refractivity contribution is 5.85. The van der Waals surface area contributed by atoms with Gasteiger partial charge in [-0.15, -0.1) is 0 Å². The van der Waals surface area contributed by atoms with Crippen LogP contribution in [0.3, 0.4) is 0 Å². The summed E-state index contributed by atoms with van der Waals surface area (Å²) in [6.07, 6.45) is 7.08. The number of aliphatic hydroxyl groups excluding tert-OH is 1. The van der Waals surface area contributed by atoms with E-state index in [1.165, 1.54) is 0 Å². The first-order valence-electron chi connectivity index (χ1n) is 6.99. The molecule has 0 aliphatic carbocycles. The Balaban J connectivity index is 1.74. The summed E-state index contributed by atoms with van der Waals surface area (Å²) in [4.78, 5) is 4.14. The van der Waals surface area contributed by atoms with Crippen LogP contribution < -0.4 is 0 Å². The first-order valence-corrected chi connectivity index (χ1v) is 6.99. The maximum Gasteiger partial charge on any atom is 0.0849 e. The van der Waals surface area contributed by atoms with Crippen LogP contribution in [-0.2, 0) is 4.74 Å². The molecule has 1 N–H and O–H groups in total. The van der Waals surface area contributed by atoms with Crippen molar-refractivity contribution in [1.82, 2.24) is 4.98 Å². The molecule has 3 heteroatoms. The van der Waals surface area contributed by atoms with Gasteiger partial charge in [0.1, 0.15) is 0 Å². The van der Waals surface area contributed by atoms with E-state index < -0.39 is 6.10 Å². The van der Waals surface area contributed by atoms with Crippen LogP contribution in [0.4, 0.5) is 0 Å². The van der Waals surface area contributed by atoms with Crippen molar-refractivity contribution < 1.29 is 9.84 Å². The minimum atomic E-state index is -0.429. The van der Waals surface area contributed by atoms with Crippen molar-refractivity contribution in [3.63, 3.8) is 0 Å². The second-order valence-corrected chi connectivity index (χ2v) is 5.66. The molecule has 0 spiro atoms. The summed E-state index contributed by atoms with van der Waals surface area (Å²) >= 11 is 0. The van der Waals surface area contributed by atoms with E-state index >= 15 is 0 Å². The summed E-state index contributed by atoms with van der Waals surface area (Å²) < 4.78 is 5.87. The Hall–Kier alpha value is -1.45. The Bertz CT molecular complexity index is 607. The third kappa shape index (κ3) is 1.77. The Morgan fingerprint density at radius 3 is 3.00 bits per heavy atom. The van der Waals surface area contributed by atoms with Crippen LogP contribution in [0.25, 0.3) is 10.8 Å². The van der Waals surface area contributed by atoms with Crippen LogP contribution >= 0.6 is 0 Å². The topological polar surface area (TPSA) is 42.4 Å². The summed E-state index contributed by atoms with van der Waals surface area (Å²) in [7, 11) is 0. The standard InChI is InChI=1S/C16H17NO2/c18-16(14-8-11-4-5-15(14)19-11)13-3-1-2-10-9-17-7-6-12(10)13/h1-3,6-7,9,11,14-16,18H,4-5,8H2.